The highest BCUT2D eigenvalue weighted by Crippen LogP contribution is 2.25. The van der Waals surface area contributed by atoms with Crippen molar-refractivity contribution in [2.24, 2.45) is 0 Å². The molecule has 0 atom stereocenters. The molecule has 1 aromatic rings. The fourth-order valence-electron chi connectivity index (χ4n) is 1.87. The maximum atomic E-state index is 12.3. The SMILES string of the molecule is C=C(C)CNS(=O)(=O)c1c(C)c(C)cc(C)c1C. The van der Waals surface area contributed by atoms with Crippen molar-refractivity contribution < 1.29 is 8.42 Å². The third-order valence-corrected chi connectivity index (χ3v) is 4.80. The molecule has 0 fully saturated rings. The molecule has 0 saturated heterocycles. The monoisotopic (exact) mass is 267 g/mol. The Morgan fingerprint density at radius 2 is 1.61 bits per heavy atom. The van der Waals surface area contributed by atoms with Gasteiger partial charge in [-0.2, -0.15) is 0 Å². The Hall–Kier alpha value is -1.13. The summed E-state index contributed by atoms with van der Waals surface area (Å²) in [5.74, 6) is 0. The van der Waals surface area contributed by atoms with Crippen molar-refractivity contribution >= 4 is 10.0 Å². The first-order chi connectivity index (χ1) is 8.16. The molecule has 4 heteroatoms. The van der Waals surface area contributed by atoms with E-state index >= 15 is 0 Å². The number of sulfonamides is 1. The van der Waals surface area contributed by atoms with Crippen molar-refractivity contribution in [3.63, 3.8) is 0 Å². The molecule has 0 unspecified atom stereocenters. The van der Waals surface area contributed by atoms with Gasteiger partial charge in [0.15, 0.2) is 0 Å². The van der Waals surface area contributed by atoms with E-state index in [0.29, 0.717) is 4.90 Å². The van der Waals surface area contributed by atoms with Gasteiger partial charge in [0.2, 0.25) is 10.0 Å². The van der Waals surface area contributed by atoms with Crippen LogP contribution in [0.4, 0.5) is 0 Å². The Morgan fingerprint density at radius 1 is 1.17 bits per heavy atom. The molecule has 0 aromatic heterocycles. The molecule has 1 N–H and O–H groups in total. The first kappa shape index (κ1) is 14.9. The van der Waals surface area contributed by atoms with Crippen LogP contribution in [0.5, 0.6) is 0 Å². The molecule has 0 aliphatic heterocycles. The Bertz CT molecular complexity index is 560. The summed E-state index contributed by atoms with van der Waals surface area (Å²) >= 11 is 0. The van der Waals surface area contributed by atoms with E-state index in [9.17, 15) is 8.42 Å². The minimum absolute atomic E-state index is 0.272. The highest BCUT2D eigenvalue weighted by molar-refractivity contribution is 7.89. The minimum Gasteiger partial charge on any atom is -0.207 e. The average Bonchev–Trinajstić information content (AvgIpc) is 2.24. The first-order valence-electron chi connectivity index (χ1n) is 5.88. The predicted octanol–water partition coefficient (Wildman–Crippen LogP) is 2.77. The Balaban J connectivity index is 3.36. The summed E-state index contributed by atoms with van der Waals surface area (Å²) < 4.78 is 27.2. The van der Waals surface area contributed by atoms with Gasteiger partial charge in [0.1, 0.15) is 0 Å². The standard InChI is InChI=1S/C14H21NO2S/c1-9(2)8-15-18(16,17)14-12(5)10(3)7-11(4)13(14)6/h7,15H,1,8H2,2-6H3. The summed E-state index contributed by atoms with van der Waals surface area (Å²) in [7, 11) is -3.47. The lowest BCUT2D eigenvalue weighted by Gasteiger charge is -2.16. The number of hydrogen-bond acceptors (Lipinski definition) is 2. The summed E-state index contributed by atoms with van der Waals surface area (Å²) in [5.41, 5.74) is 4.40. The van der Waals surface area contributed by atoms with Crippen molar-refractivity contribution in [2.45, 2.75) is 39.5 Å². The second-order valence-electron chi connectivity index (χ2n) is 4.87. The van der Waals surface area contributed by atoms with Crippen molar-refractivity contribution in [1.29, 1.82) is 0 Å². The van der Waals surface area contributed by atoms with Crippen molar-refractivity contribution in [3.05, 3.63) is 40.5 Å². The van der Waals surface area contributed by atoms with Crippen LogP contribution in [0.1, 0.15) is 29.2 Å². The van der Waals surface area contributed by atoms with Crippen LogP contribution in [0.15, 0.2) is 23.1 Å². The van der Waals surface area contributed by atoms with Gasteiger partial charge in [-0.3, -0.25) is 0 Å². The fourth-order valence-corrected chi connectivity index (χ4v) is 3.58. The molecule has 18 heavy (non-hydrogen) atoms. The van der Waals surface area contributed by atoms with E-state index in [4.69, 9.17) is 0 Å². The molecule has 0 aliphatic carbocycles. The summed E-state index contributed by atoms with van der Waals surface area (Å²) in [6, 6.07) is 2.02. The van der Waals surface area contributed by atoms with Gasteiger partial charge in [0.05, 0.1) is 4.90 Å². The van der Waals surface area contributed by atoms with Crippen molar-refractivity contribution in [2.75, 3.05) is 6.54 Å². The summed E-state index contributed by atoms with van der Waals surface area (Å²) in [4.78, 5) is 0.404. The number of nitrogens with one attached hydrogen (secondary N) is 1. The number of hydrogen-bond donors (Lipinski definition) is 1. The Kier molecular flexibility index (Phi) is 4.35. The predicted molar refractivity (Wildman–Crippen MR) is 75.4 cm³/mol. The van der Waals surface area contributed by atoms with Crippen LogP contribution < -0.4 is 4.72 Å². The highest BCUT2D eigenvalue weighted by atomic mass is 32.2. The van der Waals surface area contributed by atoms with E-state index in [1.165, 1.54) is 0 Å². The zero-order valence-corrected chi connectivity index (χ0v) is 12.5. The van der Waals surface area contributed by atoms with E-state index in [1.54, 1.807) is 6.92 Å². The maximum absolute atomic E-state index is 12.3. The van der Waals surface area contributed by atoms with E-state index in [2.05, 4.69) is 11.3 Å². The van der Waals surface area contributed by atoms with Gasteiger partial charge in [0, 0.05) is 6.54 Å². The van der Waals surface area contributed by atoms with Gasteiger partial charge in [0.25, 0.3) is 0 Å². The topological polar surface area (TPSA) is 46.2 Å². The highest BCUT2D eigenvalue weighted by Gasteiger charge is 2.21. The molecule has 0 saturated carbocycles. The second kappa shape index (κ2) is 5.24. The molecule has 0 aliphatic rings. The molecular weight excluding hydrogens is 246 g/mol. The lowest BCUT2D eigenvalue weighted by atomic mass is 10.0. The molecule has 0 heterocycles. The molecule has 1 aromatic carbocycles. The maximum Gasteiger partial charge on any atom is 0.241 e. The molecule has 0 bridgehead atoms. The van der Waals surface area contributed by atoms with E-state index in [1.807, 2.05) is 33.8 Å². The smallest absolute Gasteiger partial charge is 0.207 e. The third kappa shape index (κ3) is 3.00. The fraction of sp³-hybridized carbons (Fsp3) is 0.429. The molecule has 1 rings (SSSR count). The van der Waals surface area contributed by atoms with Crippen molar-refractivity contribution in [1.82, 2.24) is 4.72 Å². The zero-order valence-electron chi connectivity index (χ0n) is 11.7. The molecular formula is C14H21NO2S. The normalized spacial score (nSPS) is 11.6. The van der Waals surface area contributed by atoms with Gasteiger partial charge < -0.3 is 0 Å². The Labute approximate surface area is 110 Å². The Morgan fingerprint density at radius 3 is 2.00 bits per heavy atom. The van der Waals surface area contributed by atoms with Crippen LogP contribution >= 0.6 is 0 Å². The van der Waals surface area contributed by atoms with Gasteiger partial charge in [-0.25, -0.2) is 13.1 Å². The summed E-state index contributed by atoms with van der Waals surface area (Å²) in [6.07, 6.45) is 0. The van der Waals surface area contributed by atoms with Crippen LogP contribution in [0.2, 0.25) is 0 Å². The summed E-state index contributed by atoms with van der Waals surface area (Å²) in [6.45, 7) is 13.3. The molecule has 0 radical (unpaired) electrons. The average molecular weight is 267 g/mol. The van der Waals surface area contributed by atoms with E-state index in [-0.39, 0.29) is 6.54 Å². The van der Waals surface area contributed by atoms with Gasteiger partial charge in [-0.15, -0.1) is 0 Å². The van der Waals surface area contributed by atoms with E-state index < -0.39 is 10.0 Å². The van der Waals surface area contributed by atoms with Gasteiger partial charge >= 0.3 is 0 Å². The largest absolute Gasteiger partial charge is 0.241 e. The zero-order chi connectivity index (χ0) is 14.1. The number of rotatable bonds is 4. The van der Waals surface area contributed by atoms with Crippen LogP contribution in [0, 0.1) is 27.7 Å². The lowest BCUT2D eigenvalue weighted by molar-refractivity contribution is 0.583. The first-order valence-corrected chi connectivity index (χ1v) is 7.36. The van der Waals surface area contributed by atoms with Crippen LogP contribution in [0.25, 0.3) is 0 Å². The summed E-state index contributed by atoms with van der Waals surface area (Å²) in [5, 5.41) is 0. The quantitative estimate of drug-likeness (QED) is 0.853. The minimum atomic E-state index is -3.47. The second-order valence-corrected chi connectivity index (χ2v) is 6.57. The van der Waals surface area contributed by atoms with Gasteiger partial charge in [-0.1, -0.05) is 18.2 Å². The van der Waals surface area contributed by atoms with Crippen LogP contribution in [-0.4, -0.2) is 15.0 Å². The molecule has 3 nitrogen and oxygen atoms in total. The lowest BCUT2D eigenvalue weighted by Crippen LogP contribution is -2.27. The van der Waals surface area contributed by atoms with Crippen LogP contribution in [-0.2, 0) is 10.0 Å². The molecule has 100 valence electrons. The molecule has 0 spiro atoms. The third-order valence-electron chi connectivity index (χ3n) is 3.13. The van der Waals surface area contributed by atoms with Crippen LogP contribution in [0.3, 0.4) is 0 Å². The van der Waals surface area contributed by atoms with Gasteiger partial charge in [-0.05, 0) is 56.9 Å². The number of aryl methyl sites for hydroxylation is 2. The van der Waals surface area contributed by atoms with E-state index in [0.717, 1.165) is 27.8 Å². The van der Waals surface area contributed by atoms with Crippen molar-refractivity contribution in [3.8, 4) is 0 Å². The number of benzene rings is 1. The molecule has 0 amide bonds.